The average molecular weight is 687 g/mol. The van der Waals surface area contributed by atoms with Crippen LogP contribution in [0.2, 0.25) is 0 Å². The second-order valence-corrected chi connectivity index (χ2v) is 14.9. The van der Waals surface area contributed by atoms with E-state index in [0.29, 0.717) is 0 Å². The van der Waals surface area contributed by atoms with Gasteiger partial charge in [-0.05, 0) is 93.7 Å². The molecule has 0 spiro atoms. The van der Waals surface area contributed by atoms with Gasteiger partial charge < -0.3 is 4.90 Å². The van der Waals surface area contributed by atoms with Gasteiger partial charge in [0.15, 0.2) is 0 Å². The number of thiophene rings is 1. The third-order valence-corrected chi connectivity index (χ3v) is 11.9. The largest absolute Gasteiger partial charge is 0.310 e. The summed E-state index contributed by atoms with van der Waals surface area (Å²) in [5.74, 6) is 0. The molecule has 0 N–H and O–H groups in total. The fourth-order valence-electron chi connectivity index (χ4n) is 7.15. The molecule has 0 aliphatic rings. The molecule has 2 nitrogen and oxygen atoms in total. The average Bonchev–Trinajstić information content (AvgIpc) is 3.81. The number of nitrogens with zero attached hydrogens (tertiary/aromatic N) is 2. The Morgan fingerprint density at radius 2 is 1.02 bits per heavy atom. The molecule has 51 heavy (non-hydrogen) atoms. The van der Waals surface area contributed by atoms with Gasteiger partial charge in [0, 0.05) is 42.8 Å². The maximum absolute atomic E-state index is 5.08. The molecule has 10 rings (SSSR count). The zero-order chi connectivity index (χ0) is 33.7. The van der Waals surface area contributed by atoms with E-state index in [4.69, 9.17) is 4.98 Å². The Bertz CT molecular complexity index is 2850. The highest BCUT2D eigenvalue weighted by atomic mass is 32.1. The van der Waals surface area contributed by atoms with E-state index in [1.807, 2.05) is 11.3 Å². The molecular weight excluding hydrogens is 657 g/mol. The Labute approximate surface area is 304 Å². The summed E-state index contributed by atoms with van der Waals surface area (Å²) in [4.78, 5) is 7.47. The van der Waals surface area contributed by atoms with Crippen molar-refractivity contribution >= 4 is 80.9 Å². The van der Waals surface area contributed by atoms with Crippen molar-refractivity contribution < 1.29 is 0 Å². The zero-order valence-electron chi connectivity index (χ0n) is 27.5. The molecule has 0 aliphatic carbocycles. The predicted molar refractivity (Wildman–Crippen MR) is 221 cm³/mol. The molecule has 0 saturated heterocycles. The number of hydrogen-bond donors (Lipinski definition) is 0. The monoisotopic (exact) mass is 686 g/mol. The second kappa shape index (κ2) is 12.4. The van der Waals surface area contributed by atoms with Gasteiger partial charge in [0.1, 0.15) is 5.01 Å². The lowest BCUT2D eigenvalue weighted by atomic mass is 10.00. The van der Waals surface area contributed by atoms with Crippen molar-refractivity contribution in [3.05, 3.63) is 182 Å². The first-order valence-electron chi connectivity index (χ1n) is 17.1. The molecule has 0 aliphatic heterocycles. The normalized spacial score (nSPS) is 11.5. The van der Waals surface area contributed by atoms with Crippen LogP contribution in [-0.2, 0) is 0 Å². The van der Waals surface area contributed by atoms with E-state index in [1.54, 1.807) is 11.3 Å². The summed E-state index contributed by atoms with van der Waals surface area (Å²) in [7, 11) is 0. The Balaban J connectivity index is 1.14. The molecule has 0 atom stereocenters. The molecule has 8 aromatic carbocycles. The third kappa shape index (κ3) is 5.37. The number of thiazole rings is 1. The minimum absolute atomic E-state index is 1.05. The van der Waals surface area contributed by atoms with E-state index < -0.39 is 0 Å². The van der Waals surface area contributed by atoms with E-state index >= 15 is 0 Å². The molecule has 4 heteroatoms. The van der Waals surface area contributed by atoms with Gasteiger partial charge in [-0.15, -0.1) is 22.7 Å². The fraction of sp³-hybridized carbons (Fsp3) is 0. The first-order chi connectivity index (χ1) is 25.2. The summed E-state index contributed by atoms with van der Waals surface area (Å²) in [6, 6.07) is 65.6. The highest BCUT2D eigenvalue weighted by molar-refractivity contribution is 7.28. The van der Waals surface area contributed by atoms with Crippen LogP contribution in [0.15, 0.2) is 182 Å². The molecule has 2 heterocycles. The van der Waals surface area contributed by atoms with Gasteiger partial charge in [-0.2, -0.15) is 0 Å². The quantitative estimate of drug-likeness (QED) is 0.173. The van der Waals surface area contributed by atoms with E-state index in [-0.39, 0.29) is 0 Å². The Morgan fingerprint density at radius 3 is 1.84 bits per heavy atom. The fourth-order valence-corrected chi connectivity index (χ4v) is 9.44. The van der Waals surface area contributed by atoms with E-state index in [0.717, 1.165) is 33.1 Å². The van der Waals surface area contributed by atoms with Crippen molar-refractivity contribution in [2.24, 2.45) is 0 Å². The number of rotatable bonds is 6. The first-order valence-corrected chi connectivity index (χ1v) is 18.7. The second-order valence-electron chi connectivity index (χ2n) is 12.8. The van der Waals surface area contributed by atoms with Crippen LogP contribution in [-0.4, -0.2) is 4.98 Å². The SMILES string of the molecule is c1ccc(-c2ccc(N(c3cccc(-c4ccc5ccccc5c4)c3)c3ccc4sc5ccc6nc(-c7ccccc7)sc6c5c4c3)cc2)cc1. The van der Waals surface area contributed by atoms with E-state index in [1.165, 1.54) is 57.9 Å². The Morgan fingerprint density at radius 1 is 0.392 bits per heavy atom. The summed E-state index contributed by atoms with van der Waals surface area (Å²) < 4.78 is 3.81. The number of aromatic nitrogens is 1. The van der Waals surface area contributed by atoms with Crippen molar-refractivity contribution in [1.82, 2.24) is 4.98 Å². The minimum Gasteiger partial charge on any atom is -0.310 e. The highest BCUT2D eigenvalue weighted by Crippen LogP contribution is 2.45. The van der Waals surface area contributed by atoms with Gasteiger partial charge in [-0.1, -0.05) is 121 Å². The van der Waals surface area contributed by atoms with Crippen LogP contribution in [0.25, 0.3) is 74.0 Å². The van der Waals surface area contributed by atoms with Crippen LogP contribution in [0.3, 0.4) is 0 Å². The summed E-state index contributed by atoms with van der Waals surface area (Å²) in [6.07, 6.45) is 0. The summed E-state index contributed by atoms with van der Waals surface area (Å²) in [6.45, 7) is 0. The Hall–Kier alpha value is -6.07. The van der Waals surface area contributed by atoms with Gasteiger partial charge in [0.25, 0.3) is 0 Å². The minimum atomic E-state index is 1.05. The maximum Gasteiger partial charge on any atom is 0.124 e. The number of benzene rings is 8. The van der Waals surface area contributed by atoms with Crippen LogP contribution in [0, 0.1) is 0 Å². The highest BCUT2D eigenvalue weighted by Gasteiger charge is 2.18. The zero-order valence-corrected chi connectivity index (χ0v) is 29.2. The van der Waals surface area contributed by atoms with Gasteiger partial charge in [0.05, 0.1) is 10.2 Å². The smallest absolute Gasteiger partial charge is 0.124 e. The lowest BCUT2D eigenvalue weighted by Crippen LogP contribution is -2.10. The van der Waals surface area contributed by atoms with Crippen LogP contribution >= 0.6 is 22.7 Å². The topological polar surface area (TPSA) is 16.1 Å². The van der Waals surface area contributed by atoms with Crippen LogP contribution in [0.5, 0.6) is 0 Å². The van der Waals surface area contributed by atoms with E-state index in [9.17, 15) is 0 Å². The number of fused-ring (bicyclic) bond motifs is 6. The lowest BCUT2D eigenvalue weighted by Gasteiger charge is -2.26. The van der Waals surface area contributed by atoms with Crippen LogP contribution in [0.1, 0.15) is 0 Å². The lowest BCUT2D eigenvalue weighted by molar-refractivity contribution is 1.29. The molecule has 0 radical (unpaired) electrons. The molecule has 10 aromatic rings. The molecule has 0 unspecified atom stereocenters. The van der Waals surface area contributed by atoms with Crippen molar-refractivity contribution in [1.29, 1.82) is 0 Å². The molecule has 0 fully saturated rings. The van der Waals surface area contributed by atoms with Gasteiger partial charge in [-0.25, -0.2) is 4.98 Å². The van der Waals surface area contributed by atoms with Crippen molar-refractivity contribution in [2.75, 3.05) is 4.90 Å². The maximum atomic E-state index is 5.08. The Kier molecular flexibility index (Phi) is 7.23. The summed E-state index contributed by atoms with van der Waals surface area (Å²) in [5.41, 5.74) is 10.3. The van der Waals surface area contributed by atoms with Gasteiger partial charge >= 0.3 is 0 Å². The number of hydrogen-bond acceptors (Lipinski definition) is 4. The standard InChI is InChI=1S/C47H30N2S2/c1-3-10-31(11-4-1)33-20-22-38(23-21-33)49(39-17-9-16-36(29-39)37-19-18-32-12-7-8-15-35(32)28-37)40-24-26-43-41(30-40)45-44(50-43)27-25-42-46(45)51-47(48-42)34-13-5-2-6-14-34/h1-30H. The molecule has 240 valence electrons. The van der Waals surface area contributed by atoms with Gasteiger partial charge in [-0.3, -0.25) is 0 Å². The van der Waals surface area contributed by atoms with Crippen LogP contribution in [0.4, 0.5) is 17.1 Å². The summed E-state index contributed by atoms with van der Waals surface area (Å²) in [5, 5.41) is 6.10. The van der Waals surface area contributed by atoms with E-state index in [2.05, 4.69) is 187 Å². The molecule has 0 bridgehead atoms. The first kappa shape index (κ1) is 29.8. The van der Waals surface area contributed by atoms with Crippen molar-refractivity contribution in [3.63, 3.8) is 0 Å². The van der Waals surface area contributed by atoms with Crippen molar-refractivity contribution in [2.45, 2.75) is 0 Å². The third-order valence-electron chi connectivity index (χ3n) is 9.67. The van der Waals surface area contributed by atoms with Crippen LogP contribution < -0.4 is 4.90 Å². The predicted octanol–water partition coefficient (Wildman–Crippen LogP) is 14.3. The molecular formula is C47H30N2S2. The van der Waals surface area contributed by atoms with Gasteiger partial charge in [0.2, 0.25) is 0 Å². The molecule has 0 amide bonds. The summed E-state index contributed by atoms with van der Waals surface area (Å²) >= 11 is 3.64. The number of anilines is 3. The molecule has 0 saturated carbocycles. The molecule has 2 aromatic heterocycles. The van der Waals surface area contributed by atoms with Crippen molar-refractivity contribution in [3.8, 4) is 32.8 Å².